The molecule has 0 amide bonds. The molecular weight excluding hydrogens is 231 g/mol. The topological polar surface area (TPSA) is 13.1 Å². The molecule has 2 rings (SSSR count). The first-order chi connectivity index (χ1) is 7.28. The van der Waals surface area contributed by atoms with Crippen LogP contribution < -0.4 is 0 Å². The third-order valence-corrected chi connectivity index (χ3v) is 2.70. The predicted octanol–water partition coefficient (Wildman–Crippen LogP) is 4.26. The highest BCUT2D eigenvalue weighted by Gasteiger charge is 2.01. The van der Waals surface area contributed by atoms with Crippen molar-refractivity contribution in [3.05, 3.63) is 58.5 Å². The van der Waals surface area contributed by atoms with Gasteiger partial charge in [-0.15, -0.1) is 11.6 Å². The van der Waals surface area contributed by atoms with Crippen LogP contribution in [0.5, 0.6) is 0 Å². The van der Waals surface area contributed by atoms with Crippen LogP contribution in [0.2, 0.25) is 5.22 Å². The Kier molecular flexibility index (Phi) is 3.34. The molecule has 0 N–H and O–H groups in total. The molecule has 15 heavy (non-hydrogen) atoms. The number of hydrogen-bond donors (Lipinski definition) is 0. The van der Waals surface area contributed by atoms with Gasteiger partial charge in [-0.1, -0.05) is 24.3 Å². The summed E-state index contributed by atoms with van der Waals surface area (Å²) in [6.07, 6.45) is 0.759. The summed E-state index contributed by atoms with van der Waals surface area (Å²) in [4.78, 5) is 0. The third-order valence-electron chi connectivity index (χ3n) is 2.18. The summed E-state index contributed by atoms with van der Waals surface area (Å²) in [5.41, 5.74) is 2.31. The molecule has 0 bridgehead atoms. The lowest BCUT2D eigenvalue weighted by molar-refractivity contribution is 0.523. The summed E-state index contributed by atoms with van der Waals surface area (Å²) < 4.78 is 5.28. The zero-order valence-corrected chi connectivity index (χ0v) is 9.55. The van der Waals surface area contributed by atoms with Crippen LogP contribution in [0.1, 0.15) is 16.9 Å². The van der Waals surface area contributed by atoms with Crippen molar-refractivity contribution in [2.45, 2.75) is 12.3 Å². The maximum absolute atomic E-state index is 5.71. The Labute approximate surface area is 98.6 Å². The molecule has 0 radical (unpaired) electrons. The van der Waals surface area contributed by atoms with Crippen molar-refractivity contribution in [1.29, 1.82) is 0 Å². The van der Waals surface area contributed by atoms with Gasteiger partial charge in [-0.2, -0.15) is 0 Å². The van der Waals surface area contributed by atoms with E-state index in [-0.39, 0.29) is 0 Å². The third kappa shape index (κ3) is 2.77. The molecule has 3 heteroatoms. The van der Waals surface area contributed by atoms with E-state index in [4.69, 9.17) is 27.6 Å². The second-order valence-electron chi connectivity index (χ2n) is 3.33. The van der Waals surface area contributed by atoms with Gasteiger partial charge in [-0.3, -0.25) is 0 Å². The van der Waals surface area contributed by atoms with Gasteiger partial charge in [-0.05, 0) is 34.9 Å². The van der Waals surface area contributed by atoms with Crippen molar-refractivity contribution in [3.63, 3.8) is 0 Å². The van der Waals surface area contributed by atoms with Gasteiger partial charge in [0.1, 0.15) is 5.76 Å². The van der Waals surface area contributed by atoms with Crippen LogP contribution in [0.15, 0.2) is 40.8 Å². The number of rotatable bonds is 3. The highest BCUT2D eigenvalue weighted by Crippen LogP contribution is 2.17. The molecule has 1 aromatic heterocycles. The Morgan fingerprint density at radius 2 is 1.60 bits per heavy atom. The fraction of sp³-hybridized carbons (Fsp3) is 0.167. The van der Waals surface area contributed by atoms with Crippen molar-refractivity contribution in [2.24, 2.45) is 0 Å². The van der Waals surface area contributed by atoms with Gasteiger partial charge in [0.05, 0.1) is 0 Å². The molecule has 0 aliphatic carbocycles. The van der Waals surface area contributed by atoms with Crippen molar-refractivity contribution < 1.29 is 4.42 Å². The highest BCUT2D eigenvalue weighted by molar-refractivity contribution is 6.28. The lowest BCUT2D eigenvalue weighted by atomic mass is 10.1. The Hall–Kier alpha value is -0.920. The average molecular weight is 241 g/mol. The van der Waals surface area contributed by atoms with Crippen LogP contribution in [0, 0.1) is 0 Å². The summed E-state index contributed by atoms with van der Waals surface area (Å²) in [6, 6.07) is 11.8. The van der Waals surface area contributed by atoms with E-state index in [0.29, 0.717) is 11.1 Å². The van der Waals surface area contributed by atoms with E-state index in [2.05, 4.69) is 0 Å². The van der Waals surface area contributed by atoms with Crippen LogP contribution in [0.4, 0.5) is 0 Å². The number of halogens is 2. The molecular formula is C12H10Cl2O. The van der Waals surface area contributed by atoms with Crippen LogP contribution in [0.25, 0.3) is 0 Å². The van der Waals surface area contributed by atoms with E-state index in [9.17, 15) is 0 Å². The minimum absolute atomic E-state index is 0.433. The van der Waals surface area contributed by atoms with E-state index in [1.165, 1.54) is 5.56 Å². The van der Waals surface area contributed by atoms with E-state index < -0.39 is 0 Å². The Balaban J connectivity index is 2.11. The van der Waals surface area contributed by atoms with Gasteiger partial charge < -0.3 is 4.42 Å². The summed E-state index contributed by atoms with van der Waals surface area (Å²) in [5, 5.41) is 0.433. The molecule has 0 saturated heterocycles. The maximum Gasteiger partial charge on any atom is 0.193 e. The number of benzene rings is 1. The molecule has 0 aliphatic rings. The highest BCUT2D eigenvalue weighted by atomic mass is 35.5. The smallest absolute Gasteiger partial charge is 0.193 e. The Morgan fingerprint density at radius 3 is 2.13 bits per heavy atom. The molecule has 1 aromatic carbocycles. The summed E-state index contributed by atoms with van der Waals surface area (Å²) in [7, 11) is 0. The minimum Gasteiger partial charge on any atom is -0.449 e. The van der Waals surface area contributed by atoms with E-state index in [1.807, 2.05) is 30.3 Å². The van der Waals surface area contributed by atoms with Crippen LogP contribution >= 0.6 is 23.2 Å². The van der Waals surface area contributed by atoms with Crippen LogP contribution in [-0.2, 0) is 12.3 Å². The molecule has 0 unspecified atom stereocenters. The first-order valence-corrected chi connectivity index (χ1v) is 5.57. The maximum atomic E-state index is 5.71. The quantitative estimate of drug-likeness (QED) is 0.731. The molecule has 0 spiro atoms. The molecule has 0 fully saturated rings. The number of hydrogen-bond acceptors (Lipinski definition) is 1. The van der Waals surface area contributed by atoms with Gasteiger partial charge in [0, 0.05) is 12.3 Å². The average Bonchev–Trinajstić information content (AvgIpc) is 2.65. The summed E-state index contributed by atoms with van der Waals surface area (Å²) in [6.45, 7) is 0. The number of alkyl halides is 1. The van der Waals surface area contributed by atoms with Gasteiger partial charge in [0.2, 0.25) is 0 Å². The summed E-state index contributed by atoms with van der Waals surface area (Å²) >= 11 is 11.4. The van der Waals surface area contributed by atoms with Gasteiger partial charge >= 0.3 is 0 Å². The molecule has 1 heterocycles. The molecule has 0 saturated carbocycles. The molecule has 2 aromatic rings. The van der Waals surface area contributed by atoms with Crippen molar-refractivity contribution in [3.8, 4) is 0 Å². The monoisotopic (exact) mass is 240 g/mol. The summed E-state index contributed by atoms with van der Waals surface area (Å²) in [5.74, 6) is 1.42. The normalized spacial score (nSPS) is 10.5. The second-order valence-corrected chi connectivity index (χ2v) is 3.97. The van der Waals surface area contributed by atoms with E-state index >= 15 is 0 Å². The first kappa shape index (κ1) is 10.6. The van der Waals surface area contributed by atoms with Crippen LogP contribution in [-0.4, -0.2) is 0 Å². The van der Waals surface area contributed by atoms with E-state index in [0.717, 1.165) is 17.7 Å². The standard InChI is InChI=1S/C12H10Cl2O/c13-8-10-3-1-9(2-4-10)7-11-5-6-12(14)15-11/h1-6H,7-8H2. The van der Waals surface area contributed by atoms with Gasteiger partial charge in [-0.25, -0.2) is 0 Å². The fourth-order valence-electron chi connectivity index (χ4n) is 1.39. The van der Waals surface area contributed by atoms with Crippen molar-refractivity contribution in [2.75, 3.05) is 0 Å². The molecule has 1 nitrogen and oxygen atoms in total. The van der Waals surface area contributed by atoms with Gasteiger partial charge in [0.25, 0.3) is 0 Å². The fourth-order valence-corrected chi connectivity index (χ4v) is 1.73. The lowest BCUT2D eigenvalue weighted by Gasteiger charge is -1.99. The predicted molar refractivity (Wildman–Crippen MR) is 62.5 cm³/mol. The van der Waals surface area contributed by atoms with Crippen LogP contribution in [0.3, 0.4) is 0 Å². The molecule has 0 aliphatic heterocycles. The zero-order valence-electron chi connectivity index (χ0n) is 8.04. The largest absolute Gasteiger partial charge is 0.449 e. The SMILES string of the molecule is ClCc1ccc(Cc2ccc(Cl)o2)cc1. The van der Waals surface area contributed by atoms with Crippen molar-refractivity contribution in [1.82, 2.24) is 0 Å². The van der Waals surface area contributed by atoms with Crippen molar-refractivity contribution >= 4 is 23.2 Å². The van der Waals surface area contributed by atoms with Gasteiger partial charge in [0.15, 0.2) is 5.22 Å². The lowest BCUT2D eigenvalue weighted by Crippen LogP contribution is -1.86. The molecule has 78 valence electrons. The minimum atomic E-state index is 0.433. The Bertz CT molecular complexity index is 431. The van der Waals surface area contributed by atoms with E-state index in [1.54, 1.807) is 6.07 Å². The molecule has 0 atom stereocenters. The zero-order chi connectivity index (χ0) is 10.7. The second kappa shape index (κ2) is 4.73. The first-order valence-electron chi connectivity index (χ1n) is 4.66. The number of furan rings is 1. The Morgan fingerprint density at radius 1 is 0.933 bits per heavy atom.